The van der Waals surface area contributed by atoms with Gasteiger partial charge in [0.2, 0.25) is 0 Å². The first-order chi connectivity index (χ1) is 10.8. The molecular formula is C20H34O3. The van der Waals surface area contributed by atoms with Crippen LogP contribution in [0.2, 0.25) is 0 Å². The third kappa shape index (κ3) is 3.29. The Hall–Kier alpha value is -0.640. The topological polar surface area (TPSA) is 60.7 Å². The monoisotopic (exact) mass is 322 g/mol. The lowest BCUT2D eigenvalue weighted by Gasteiger charge is -2.58. The van der Waals surface area contributed by atoms with Gasteiger partial charge in [0, 0.05) is 0 Å². The highest BCUT2D eigenvalue weighted by Gasteiger charge is 2.53. The summed E-state index contributed by atoms with van der Waals surface area (Å²) in [5, 5.41) is 28.4. The number of aliphatic hydroxyl groups is 3. The Labute approximate surface area is 141 Å². The van der Waals surface area contributed by atoms with E-state index < -0.39 is 6.10 Å². The molecule has 23 heavy (non-hydrogen) atoms. The molecular weight excluding hydrogens is 288 g/mol. The van der Waals surface area contributed by atoms with Gasteiger partial charge < -0.3 is 15.3 Å². The van der Waals surface area contributed by atoms with E-state index in [1.807, 2.05) is 6.08 Å². The van der Waals surface area contributed by atoms with E-state index in [0.717, 1.165) is 12.8 Å². The van der Waals surface area contributed by atoms with Crippen LogP contribution in [0, 0.1) is 22.7 Å². The lowest BCUT2D eigenvalue weighted by atomic mass is 9.46. The summed E-state index contributed by atoms with van der Waals surface area (Å²) in [6.45, 7) is 11.0. The highest BCUT2D eigenvalue weighted by atomic mass is 16.3. The summed E-state index contributed by atoms with van der Waals surface area (Å²) in [5.41, 5.74) is 2.32. The van der Waals surface area contributed by atoms with E-state index in [4.69, 9.17) is 5.11 Å². The van der Waals surface area contributed by atoms with Crippen LogP contribution >= 0.6 is 0 Å². The van der Waals surface area contributed by atoms with E-state index in [1.165, 1.54) is 31.3 Å². The average Bonchev–Trinajstić information content (AvgIpc) is 2.54. The van der Waals surface area contributed by atoms with Crippen LogP contribution in [0.4, 0.5) is 0 Å². The third-order valence-corrected chi connectivity index (χ3v) is 7.15. The van der Waals surface area contributed by atoms with Crippen LogP contribution in [0.25, 0.3) is 0 Å². The molecule has 0 saturated heterocycles. The van der Waals surface area contributed by atoms with Gasteiger partial charge in [-0.2, -0.15) is 0 Å². The maximum atomic E-state index is 9.83. The molecule has 0 aromatic rings. The molecule has 5 unspecified atom stereocenters. The molecule has 0 amide bonds. The smallest absolute Gasteiger partial charge is 0.100 e. The van der Waals surface area contributed by atoms with Gasteiger partial charge >= 0.3 is 0 Å². The molecule has 0 aliphatic heterocycles. The maximum Gasteiger partial charge on any atom is 0.100 e. The highest BCUT2D eigenvalue weighted by molar-refractivity contribution is 5.20. The second kappa shape index (κ2) is 7.08. The van der Waals surface area contributed by atoms with Crippen molar-refractivity contribution >= 4 is 0 Å². The first-order valence-corrected chi connectivity index (χ1v) is 9.06. The molecule has 132 valence electrons. The van der Waals surface area contributed by atoms with Crippen molar-refractivity contribution in [2.45, 2.75) is 65.4 Å². The summed E-state index contributed by atoms with van der Waals surface area (Å²) in [7, 11) is 0. The minimum atomic E-state index is -0.949. The molecule has 0 radical (unpaired) electrons. The summed E-state index contributed by atoms with van der Waals surface area (Å²) in [4.78, 5) is 0. The Kier molecular flexibility index (Phi) is 5.76. The van der Waals surface area contributed by atoms with Gasteiger partial charge in [-0.05, 0) is 66.8 Å². The van der Waals surface area contributed by atoms with E-state index in [9.17, 15) is 10.2 Å². The Morgan fingerprint density at radius 1 is 1.35 bits per heavy atom. The second-order valence-electron chi connectivity index (χ2n) is 8.25. The summed E-state index contributed by atoms with van der Waals surface area (Å²) >= 11 is 0. The fraction of sp³-hybridized carbons (Fsp3) is 0.800. The van der Waals surface area contributed by atoms with Crippen molar-refractivity contribution in [3.05, 3.63) is 23.8 Å². The van der Waals surface area contributed by atoms with Crippen molar-refractivity contribution in [3.8, 4) is 0 Å². The highest BCUT2D eigenvalue weighted by Crippen LogP contribution is 2.62. The molecule has 5 atom stereocenters. The van der Waals surface area contributed by atoms with Gasteiger partial charge in [0.15, 0.2) is 0 Å². The number of fused-ring (bicyclic) bond motifs is 1. The third-order valence-electron chi connectivity index (χ3n) is 7.15. The Morgan fingerprint density at radius 3 is 2.65 bits per heavy atom. The lowest BCUT2D eigenvalue weighted by Crippen LogP contribution is -2.50. The fourth-order valence-corrected chi connectivity index (χ4v) is 5.09. The Morgan fingerprint density at radius 2 is 2.04 bits per heavy atom. The lowest BCUT2D eigenvalue weighted by molar-refractivity contribution is -0.0474. The zero-order valence-electron chi connectivity index (χ0n) is 15.0. The zero-order chi connectivity index (χ0) is 17.3. The number of allylic oxidation sites excluding steroid dienone is 2. The van der Waals surface area contributed by atoms with E-state index >= 15 is 0 Å². The Bertz CT molecular complexity index is 470. The van der Waals surface area contributed by atoms with Crippen LogP contribution in [0.1, 0.15) is 59.3 Å². The molecule has 2 saturated carbocycles. The van der Waals surface area contributed by atoms with Crippen molar-refractivity contribution in [1.29, 1.82) is 0 Å². The summed E-state index contributed by atoms with van der Waals surface area (Å²) in [6, 6.07) is 0. The molecule has 0 spiro atoms. The molecule has 3 N–H and O–H groups in total. The van der Waals surface area contributed by atoms with E-state index in [0.29, 0.717) is 17.4 Å². The minimum absolute atomic E-state index is 0.145. The first kappa shape index (κ1) is 18.7. The van der Waals surface area contributed by atoms with Crippen molar-refractivity contribution in [2.24, 2.45) is 22.7 Å². The van der Waals surface area contributed by atoms with Crippen molar-refractivity contribution < 1.29 is 15.3 Å². The fourth-order valence-electron chi connectivity index (χ4n) is 5.09. The zero-order valence-corrected chi connectivity index (χ0v) is 15.0. The van der Waals surface area contributed by atoms with Gasteiger partial charge in [-0.25, -0.2) is 0 Å². The summed E-state index contributed by atoms with van der Waals surface area (Å²) < 4.78 is 0. The summed E-state index contributed by atoms with van der Waals surface area (Å²) in [6.07, 6.45) is 7.90. The standard InChI is InChI=1S/C20H34O3/c1-14-6-5-7-18-19(14,3)10-8-15(2)20(18,4)11-9-16(12-21)17(23)13-22/h9,15,17-18,21-23H,1,5-8,10-13H2,2-4H3/b16-9+. The molecule has 0 bridgehead atoms. The number of hydrogen-bond donors (Lipinski definition) is 3. The largest absolute Gasteiger partial charge is 0.393 e. The van der Waals surface area contributed by atoms with Crippen LogP contribution in [0.15, 0.2) is 23.8 Å². The van der Waals surface area contributed by atoms with E-state index in [-0.39, 0.29) is 24.0 Å². The van der Waals surface area contributed by atoms with Gasteiger partial charge in [0.1, 0.15) is 6.10 Å². The van der Waals surface area contributed by atoms with Gasteiger partial charge in [-0.1, -0.05) is 39.0 Å². The number of aliphatic hydroxyl groups excluding tert-OH is 3. The van der Waals surface area contributed by atoms with Crippen molar-refractivity contribution in [3.63, 3.8) is 0 Å². The molecule has 3 heteroatoms. The van der Waals surface area contributed by atoms with Crippen LogP contribution < -0.4 is 0 Å². The molecule has 2 rings (SSSR count). The first-order valence-electron chi connectivity index (χ1n) is 9.06. The van der Waals surface area contributed by atoms with Gasteiger partial charge in [0.05, 0.1) is 13.2 Å². The molecule has 0 heterocycles. The van der Waals surface area contributed by atoms with Crippen molar-refractivity contribution in [1.82, 2.24) is 0 Å². The van der Waals surface area contributed by atoms with E-state index in [1.54, 1.807) is 0 Å². The maximum absolute atomic E-state index is 9.83. The van der Waals surface area contributed by atoms with Crippen LogP contribution in [-0.4, -0.2) is 34.6 Å². The van der Waals surface area contributed by atoms with Crippen LogP contribution in [0.3, 0.4) is 0 Å². The normalized spacial score (nSPS) is 39.9. The Balaban J connectivity index is 2.29. The van der Waals surface area contributed by atoms with Gasteiger partial charge in [0.25, 0.3) is 0 Å². The van der Waals surface area contributed by atoms with Gasteiger partial charge in [-0.15, -0.1) is 0 Å². The van der Waals surface area contributed by atoms with Gasteiger partial charge in [-0.3, -0.25) is 0 Å². The predicted molar refractivity (Wildman–Crippen MR) is 94.0 cm³/mol. The molecule has 2 aliphatic carbocycles. The van der Waals surface area contributed by atoms with Crippen LogP contribution in [-0.2, 0) is 0 Å². The molecule has 3 nitrogen and oxygen atoms in total. The molecule has 2 aliphatic rings. The summed E-state index contributed by atoms with van der Waals surface area (Å²) in [5.74, 6) is 1.20. The van der Waals surface area contributed by atoms with Crippen molar-refractivity contribution in [2.75, 3.05) is 13.2 Å². The average molecular weight is 322 g/mol. The quantitative estimate of drug-likeness (QED) is 0.679. The molecule has 0 aromatic carbocycles. The number of hydrogen-bond acceptors (Lipinski definition) is 3. The molecule has 2 fully saturated rings. The second-order valence-corrected chi connectivity index (χ2v) is 8.25. The van der Waals surface area contributed by atoms with Crippen LogP contribution in [0.5, 0.6) is 0 Å². The predicted octanol–water partition coefficient (Wildman–Crippen LogP) is 3.45. The molecule has 0 aromatic heterocycles. The van der Waals surface area contributed by atoms with E-state index in [2.05, 4.69) is 27.4 Å². The SMILES string of the molecule is C=C1CCCC2C1(C)CCC(C)C2(C)C/C=C(\CO)C(O)CO. The minimum Gasteiger partial charge on any atom is -0.393 e. The number of rotatable bonds is 5.